The Morgan fingerprint density at radius 1 is 0.907 bits per heavy atom. The molecule has 5 fully saturated rings. The highest BCUT2D eigenvalue weighted by Crippen LogP contribution is 2.63. The van der Waals surface area contributed by atoms with E-state index in [0.717, 1.165) is 38.5 Å². The van der Waals surface area contributed by atoms with E-state index in [0.29, 0.717) is 25.0 Å². The zero-order valence-corrected chi connectivity index (χ0v) is 39.4. The minimum atomic E-state index is -2.01. The number of rotatable bonds is 15. The zero-order valence-electron chi connectivity index (χ0n) is 37.4. The first-order valence-corrected chi connectivity index (χ1v) is 28.2. The maximum absolute atomic E-state index is 11.9. The van der Waals surface area contributed by atoms with Gasteiger partial charge in [0.2, 0.25) is 0 Å². The van der Waals surface area contributed by atoms with Gasteiger partial charge in [-0.3, -0.25) is 0 Å². The number of hydrogen-bond acceptors (Lipinski definition) is 5. The van der Waals surface area contributed by atoms with Crippen LogP contribution in [-0.4, -0.2) is 59.1 Å². The number of allylic oxidation sites excluding steroid dienone is 3. The summed E-state index contributed by atoms with van der Waals surface area (Å²) in [7, 11) is -3.97. The SMILES string of the molecule is C=C1C(=CC=C2CCC[C@]3(C)[C@@H]([C@H](C)[C@@H](O)CCC4(C5(CCCCC)OCCO5)CC4)CC[C@@H]23)C[C@@H](O[Si](C)(C)C(C)(C)C)C[C@@H]1O[Si](C)(C)C(C)(C)C. The number of aliphatic hydroxyl groups excluding tert-OH is 1. The van der Waals surface area contributed by atoms with Crippen LogP contribution in [0.2, 0.25) is 36.3 Å². The molecule has 4 aliphatic carbocycles. The topological polar surface area (TPSA) is 57.2 Å². The number of ether oxygens (including phenoxy) is 2. The summed E-state index contributed by atoms with van der Waals surface area (Å²) in [5, 5.41) is 12.2. The monoisotopic (exact) mass is 785 g/mol. The molecule has 5 aliphatic rings. The van der Waals surface area contributed by atoms with Gasteiger partial charge in [0.25, 0.3) is 0 Å². The number of fused-ring (bicyclic) bond motifs is 1. The summed E-state index contributed by atoms with van der Waals surface area (Å²) >= 11 is 0. The summed E-state index contributed by atoms with van der Waals surface area (Å²) in [5.41, 5.74) is 4.43. The van der Waals surface area contributed by atoms with Crippen molar-refractivity contribution in [2.24, 2.45) is 28.6 Å². The van der Waals surface area contributed by atoms with E-state index in [4.69, 9.17) is 24.9 Å². The van der Waals surface area contributed by atoms with Crippen LogP contribution < -0.4 is 0 Å². The highest BCUT2D eigenvalue weighted by atomic mass is 28.4. The molecule has 0 amide bonds. The Kier molecular flexibility index (Phi) is 13.7. The number of hydrogen-bond donors (Lipinski definition) is 1. The van der Waals surface area contributed by atoms with Gasteiger partial charge in [-0.2, -0.15) is 0 Å². The van der Waals surface area contributed by atoms with Crippen molar-refractivity contribution in [3.63, 3.8) is 0 Å². The smallest absolute Gasteiger partial charge is 0.192 e. The summed E-state index contributed by atoms with van der Waals surface area (Å²) in [6.07, 6.45) is 21.5. The van der Waals surface area contributed by atoms with Crippen molar-refractivity contribution in [3.8, 4) is 0 Å². The Hall–Kier alpha value is -0.546. The molecule has 5 rings (SSSR count). The van der Waals surface area contributed by atoms with Crippen molar-refractivity contribution in [1.29, 1.82) is 0 Å². The molecule has 0 aromatic carbocycles. The van der Waals surface area contributed by atoms with Gasteiger partial charge in [-0.25, -0.2) is 0 Å². The second-order valence-electron chi connectivity index (χ2n) is 22.0. The van der Waals surface area contributed by atoms with Crippen molar-refractivity contribution < 1.29 is 23.4 Å². The van der Waals surface area contributed by atoms with Gasteiger partial charge in [0, 0.05) is 18.3 Å². The average molecular weight is 785 g/mol. The normalized spacial score (nSPS) is 33.0. The van der Waals surface area contributed by atoms with E-state index < -0.39 is 22.4 Å². The van der Waals surface area contributed by atoms with Gasteiger partial charge in [-0.1, -0.05) is 99.5 Å². The third-order valence-corrected chi connectivity index (χ3v) is 25.5. The Morgan fingerprint density at radius 3 is 2.13 bits per heavy atom. The third-order valence-electron chi connectivity index (χ3n) is 16.5. The van der Waals surface area contributed by atoms with Crippen LogP contribution in [0.25, 0.3) is 0 Å². The first-order valence-electron chi connectivity index (χ1n) is 22.4. The lowest BCUT2D eigenvalue weighted by atomic mass is 9.60. The van der Waals surface area contributed by atoms with Crippen LogP contribution in [0.5, 0.6) is 0 Å². The van der Waals surface area contributed by atoms with E-state index in [-0.39, 0.29) is 45.1 Å². The fourth-order valence-electron chi connectivity index (χ4n) is 10.6. The Morgan fingerprint density at radius 2 is 1.54 bits per heavy atom. The summed E-state index contributed by atoms with van der Waals surface area (Å²) in [6.45, 7) is 36.9. The van der Waals surface area contributed by atoms with Crippen molar-refractivity contribution in [2.75, 3.05) is 13.2 Å². The molecule has 54 heavy (non-hydrogen) atoms. The summed E-state index contributed by atoms with van der Waals surface area (Å²) in [6, 6.07) is 0. The molecule has 0 aromatic heterocycles. The van der Waals surface area contributed by atoms with E-state index in [1.54, 1.807) is 5.57 Å². The predicted octanol–water partition coefficient (Wildman–Crippen LogP) is 13.1. The van der Waals surface area contributed by atoms with Gasteiger partial charge in [-0.15, -0.1) is 0 Å². The Balaban J connectivity index is 1.30. The molecule has 0 unspecified atom stereocenters. The van der Waals surface area contributed by atoms with Crippen molar-refractivity contribution in [3.05, 3.63) is 35.5 Å². The highest BCUT2D eigenvalue weighted by molar-refractivity contribution is 6.74. The van der Waals surface area contributed by atoms with Crippen LogP contribution in [0.4, 0.5) is 0 Å². The molecule has 1 aliphatic heterocycles. The van der Waals surface area contributed by atoms with Gasteiger partial charge in [0.05, 0.1) is 31.5 Å². The fourth-order valence-corrected chi connectivity index (χ4v) is 13.3. The van der Waals surface area contributed by atoms with Crippen molar-refractivity contribution >= 4 is 16.6 Å². The summed E-state index contributed by atoms with van der Waals surface area (Å²) in [5.74, 6) is 0.991. The molecule has 4 saturated carbocycles. The van der Waals surface area contributed by atoms with Crippen LogP contribution in [0.1, 0.15) is 159 Å². The lowest BCUT2D eigenvalue weighted by Gasteiger charge is -2.46. The molecule has 310 valence electrons. The van der Waals surface area contributed by atoms with Crippen molar-refractivity contribution in [1.82, 2.24) is 0 Å². The van der Waals surface area contributed by atoms with Gasteiger partial charge in [0.1, 0.15) is 0 Å². The second-order valence-corrected chi connectivity index (χ2v) is 31.5. The molecule has 1 saturated heterocycles. The molecule has 7 heteroatoms. The van der Waals surface area contributed by atoms with E-state index in [9.17, 15) is 5.11 Å². The quantitative estimate of drug-likeness (QED) is 0.132. The molecule has 1 heterocycles. The lowest BCUT2D eigenvalue weighted by Crippen LogP contribution is -2.49. The van der Waals surface area contributed by atoms with Crippen LogP contribution in [-0.2, 0) is 18.3 Å². The first kappa shape index (κ1) is 44.6. The van der Waals surface area contributed by atoms with Gasteiger partial charge in [0.15, 0.2) is 22.4 Å². The number of unbranched alkanes of at least 4 members (excludes halogenated alkanes) is 2. The number of aliphatic hydroxyl groups is 1. The van der Waals surface area contributed by atoms with Crippen LogP contribution in [0, 0.1) is 28.6 Å². The Labute approximate surface area is 335 Å². The van der Waals surface area contributed by atoms with Crippen LogP contribution in [0.3, 0.4) is 0 Å². The zero-order chi connectivity index (χ0) is 40.0. The molecule has 5 nitrogen and oxygen atoms in total. The minimum absolute atomic E-state index is 0.00155. The van der Waals surface area contributed by atoms with E-state index >= 15 is 0 Å². The maximum Gasteiger partial charge on any atom is 0.192 e. The average Bonchev–Trinajstić information content (AvgIpc) is 3.56. The van der Waals surface area contributed by atoms with Gasteiger partial charge in [-0.05, 0) is 141 Å². The predicted molar refractivity (Wildman–Crippen MR) is 232 cm³/mol. The van der Waals surface area contributed by atoms with E-state index in [2.05, 4.69) is 101 Å². The molecular weight excluding hydrogens is 701 g/mol. The molecule has 1 N–H and O–H groups in total. The molecule has 0 aromatic rings. The molecule has 0 radical (unpaired) electrons. The molecule has 0 spiro atoms. The summed E-state index contributed by atoms with van der Waals surface area (Å²) in [4.78, 5) is 0. The van der Waals surface area contributed by atoms with Crippen LogP contribution >= 0.6 is 0 Å². The second kappa shape index (κ2) is 16.6. The standard InChI is InChI=1S/C47H84O5Si2/c1-15-16-17-26-47(49-30-31-50-47)46(28-29-46)27-24-41(48)35(3)39-22-23-40-36(19-18-25-45(39,40)10)20-21-37-32-38(51-53(11,12)43(4,5)6)33-42(34(37)2)52-54(13,14)44(7,8)9/h20-21,35,38-42,48H,2,15-19,22-33H2,1,3-14H3/t35-,38+,39+,40-,41-,42-,45+/m0/s1. The maximum atomic E-state index is 11.9. The van der Waals surface area contributed by atoms with Crippen molar-refractivity contribution in [2.45, 2.75) is 219 Å². The minimum Gasteiger partial charge on any atom is -0.413 e. The van der Waals surface area contributed by atoms with E-state index in [1.165, 1.54) is 68.9 Å². The Bertz CT molecular complexity index is 1360. The first-order chi connectivity index (χ1) is 25.0. The van der Waals surface area contributed by atoms with E-state index in [1.807, 2.05) is 0 Å². The lowest BCUT2D eigenvalue weighted by molar-refractivity contribution is -0.215. The fraction of sp³-hybridized carbons (Fsp3) is 0.872. The molecule has 0 bridgehead atoms. The van der Waals surface area contributed by atoms with Gasteiger partial charge < -0.3 is 23.4 Å². The highest BCUT2D eigenvalue weighted by Gasteiger charge is 2.62. The molecule has 7 atom stereocenters. The summed E-state index contributed by atoms with van der Waals surface area (Å²) < 4.78 is 27.1. The van der Waals surface area contributed by atoms with Crippen LogP contribution in [0.15, 0.2) is 35.5 Å². The van der Waals surface area contributed by atoms with Gasteiger partial charge >= 0.3 is 0 Å². The third kappa shape index (κ3) is 9.18. The molecular formula is C47H84O5Si2. The largest absolute Gasteiger partial charge is 0.413 e.